The maximum absolute atomic E-state index is 16.2. The fraction of sp³-hybridized carbons (Fsp3) is 0.159. The minimum absolute atomic E-state index is 0.0502. The maximum Gasteiger partial charge on any atom is 0.262 e. The molecule has 0 saturated heterocycles. The zero-order valence-electron chi connectivity index (χ0n) is 57.9. The fourth-order valence-corrected chi connectivity index (χ4v) is 14.8. The molecule has 6 amide bonds. The SMILES string of the molecule is Cc1cc(C)cc(Oc2cc3c4c(cc(Oc5cc(C)cc(C)c5)c5c6c(Oc7cc(C)cc(C)c7)cc7c8c(cc(Oc9cc(C)cc(C)c9)c(c2c45)c86)C(=O)N(CC(=O)N(Cc2ccccc2)Cc2ccccc2)C7=O)C(=O)N(CC(=O)N(Cc2ccccc2)Cc2ccccc2)C3=O)c1. The summed E-state index contributed by atoms with van der Waals surface area (Å²) in [6.45, 7) is 15.2. The van der Waals surface area contributed by atoms with E-state index in [-0.39, 0.29) is 82.2 Å². The minimum atomic E-state index is -0.752. The van der Waals surface area contributed by atoms with Gasteiger partial charge in [0, 0.05) is 69.3 Å². The van der Waals surface area contributed by atoms with Gasteiger partial charge in [0.15, 0.2) is 0 Å². The van der Waals surface area contributed by atoms with Crippen molar-refractivity contribution >= 4 is 78.5 Å². The number of hydrogen-bond donors (Lipinski definition) is 0. The molecule has 0 N–H and O–H groups in total. The van der Waals surface area contributed by atoms with E-state index in [1.54, 1.807) is 34.1 Å². The van der Waals surface area contributed by atoms with Gasteiger partial charge in [-0.3, -0.25) is 38.6 Å². The largest absolute Gasteiger partial charge is 0.457 e. The van der Waals surface area contributed by atoms with Crippen LogP contribution in [0.15, 0.2) is 218 Å². The molecule has 2 aliphatic heterocycles. The third-order valence-electron chi connectivity index (χ3n) is 18.9. The first-order valence-electron chi connectivity index (χ1n) is 34.1. The van der Waals surface area contributed by atoms with Gasteiger partial charge >= 0.3 is 0 Å². The van der Waals surface area contributed by atoms with E-state index in [9.17, 15) is 0 Å². The Morgan fingerprint density at radius 3 is 0.686 bits per heavy atom. The van der Waals surface area contributed by atoms with Crippen LogP contribution in [-0.2, 0) is 35.8 Å². The van der Waals surface area contributed by atoms with Crippen molar-refractivity contribution in [2.75, 3.05) is 13.1 Å². The first-order chi connectivity index (χ1) is 49.2. The molecule has 0 aromatic heterocycles. The minimum Gasteiger partial charge on any atom is -0.457 e. The van der Waals surface area contributed by atoms with Crippen molar-refractivity contribution in [2.45, 2.75) is 81.6 Å². The second kappa shape index (κ2) is 26.7. The lowest BCUT2D eigenvalue weighted by Gasteiger charge is -2.33. The summed E-state index contributed by atoms with van der Waals surface area (Å²) >= 11 is 0. The lowest BCUT2D eigenvalue weighted by Crippen LogP contribution is -2.47. The van der Waals surface area contributed by atoms with Crippen LogP contribution in [0, 0.1) is 55.4 Å². The molecular formula is C88H72N4O10. The number of carbonyl (C=O) groups excluding carboxylic acids is 6. The second-order valence-electron chi connectivity index (χ2n) is 27.2. The van der Waals surface area contributed by atoms with E-state index in [0.717, 1.165) is 76.6 Å². The average Bonchev–Trinajstić information content (AvgIpc) is 0.672. The van der Waals surface area contributed by atoms with Crippen molar-refractivity contribution in [2.24, 2.45) is 0 Å². The van der Waals surface area contributed by atoms with Crippen molar-refractivity contribution in [1.82, 2.24) is 19.6 Å². The zero-order chi connectivity index (χ0) is 70.8. The summed E-state index contributed by atoms with van der Waals surface area (Å²) < 4.78 is 29.3. The summed E-state index contributed by atoms with van der Waals surface area (Å²) in [6, 6.07) is 67.9. The number of amides is 6. The van der Waals surface area contributed by atoms with Gasteiger partial charge in [-0.05, 0) is 195 Å². The number of ether oxygens (including phenoxy) is 4. The molecule has 0 saturated carbocycles. The molecule has 2 aliphatic rings. The molecule has 15 rings (SSSR count). The molecule has 0 unspecified atom stereocenters. The smallest absolute Gasteiger partial charge is 0.262 e. The van der Waals surface area contributed by atoms with Gasteiger partial charge in [-0.25, -0.2) is 0 Å². The molecule has 0 spiro atoms. The van der Waals surface area contributed by atoms with E-state index in [1.165, 1.54) is 0 Å². The number of aryl methyl sites for hydroxylation is 8. The van der Waals surface area contributed by atoms with E-state index in [0.29, 0.717) is 55.3 Å². The third-order valence-corrected chi connectivity index (χ3v) is 18.9. The zero-order valence-corrected chi connectivity index (χ0v) is 57.9. The maximum atomic E-state index is 16.2. The van der Waals surface area contributed by atoms with Gasteiger partial charge in [-0.1, -0.05) is 146 Å². The van der Waals surface area contributed by atoms with Crippen LogP contribution in [0.25, 0.3) is 43.1 Å². The molecular weight excluding hydrogens is 1270 g/mol. The van der Waals surface area contributed by atoms with Crippen LogP contribution in [0.5, 0.6) is 46.0 Å². The van der Waals surface area contributed by atoms with Crippen LogP contribution < -0.4 is 18.9 Å². The van der Waals surface area contributed by atoms with E-state index >= 15 is 28.8 Å². The lowest BCUT2D eigenvalue weighted by atomic mass is 9.80. The monoisotopic (exact) mass is 1340 g/mol. The Morgan fingerprint density at radius 1 is 0.275 bits per heavy atom. The molecule has 102 heavy (non-hydrogen) atoms. The molecule has 0 fully saturated rings. The van der Waals surface area contributed by atoms with Crippen LogP contribution >= 0.6 is 0 Å². The van der Waals surface area contributed by atoms with Crippen LogP contribution in [0.2, 0.25) is 0 Å². The molecule has 13 aromatic carbocycles. The molecule has 2 heterocycles. The Morgan fingerprint density at radius 2 is 0.480 bits per heavy atom. The summed E-state index contributed by atoms with van der Waals surface area (Å²) in [4.78, 5) is 101. The predicted molar refractivity (Wildman–Crippen MR) is 397 cm³/mol. The molecule has 504 valence electrons. The van der Waals surface area contributed by atoms with Gasteiger partial charge < -0.3 is 28.7 Å². The van der Waals surface area contributed by atoms with Crippen molar-refractivity contribution in [3.8, 4) is 46.0 Å². The van der Waals surface area contributed by atoms with Crippen LogP contribution in [0.4, 0.5) is 0 Å². The van der Waals surface area contributed by atoms with E-state index in [4.69, 9.17) is 18.9 Å². The van der Waals surface area contributed by atoms with Gasteiger partial charge in [0.05, 0.1) is 22.3 Å². The summed E-state index contributed by atoms with van der Waals surface area (Å²) in [5.74, 6) is -1.80. The molecule has 14 heteroatoms. The molecule has 0 radical (unpaired) electrons. The topological polar surface area (TPSA) is 152 Å². The van der Waals surface area contributed by atoms with Crippen molar-refractivity contribution < 1.29 is 47.7 Å². The van der Waals surface area contributed by atoms with E-state index < -0.39 is 48.5 Å². The number of nitrogens with zero attached hydrogens (tertiary/aromatic N) is 4. The quantitative estimate of drug-likeness (QED) is 0.0409. The summed E-state index contributed by atoms with van der Waals surface area (Å²) in [7, 11) is 0. The Balaban J connectivity index is 1.03. The van der Waals surface area contributed by atoms with Gasteiger partial charge in [0.2, 0.25) is 11.8 Å². The third kappa shape index (κ3) is 12.7. The van der Waals surface area contributed by atoms with Crippen LogP contribution in [0.1, 0.15) is 108 Å². The van der Waals surface area contributed by atoms with Crippen LogP contribution in [-0.4, -0.2) is 68.1 Å². The first-order valence-corrected chi connectivity index (χ1v) is 34.1. The molecule has 0 atom stereocenters. The van der Waals surface area contributed by atoms with Gasteiger partial charge in [0.25, 0.3) is 23.6 Å². The number of fused-ring (bicyclic) bond motifs is 2. The average molecular weight is 1350 g/mol. The normalized spacial score (nSPS) is 12.7. The van der Waals surface area contributed by atoms with E-state index in [1.807, 2.05) is 250 Å². The Kier molecular flexibility index (Phi) is 17.1. The number of carbonyl (C=O) groups is 6. The summed E-state index contributed by atoms with van der Waals surface area (Å²) in [5.41, 5.74) is 10.7. The number of hydrogen-bond acceptors (Lipinski definition) is 10. The summed E-state index contributed by atoms with van der Waals surface area (Å²) in [5, 5.41) is 2.45. The van der Waals surface area contributed by atoms with Crippen molar-refractivity contribution in [3.63, 3.8) is 0 Å². The number of benzene rings is 13. The van der Waals surface area contributed by atoms with E-state index in [2.05, 4.69) is 0 Å². The van der Waals surface area contributed by atoms with Gasteiger partial charge in [-0.2, -0.15) is 0 Å². The second-order valence-corrected chi connectivity index (χ2v) is 27.2. The fourth-order valence-electron chi connectivity index (χ4n) is 14.8. The predicted octanol–water partition coefficient (Wildman–Crippen LogP) is 19.0. The van der Waals surface area contributed by atoms with Crippen molar-refractivity contribution in [3.05, 3.63) is 307 Å². The highest BCUT2D eigenvalue weighted by molar-refractivity contribution is 6.45. The molecule has 0 aliphatic carbocycles. The highest BCUT2D eigenvalue weighted by Gasteiger charge is 2.43. The number of rotatable bonds is 20. The molecule has 0 bridgehead atoms. The Labute approximate surface area is 590 Å². The first kappa shape index (κ1) is 65.5. The Bertz CT molecular complexity index is 4860. The van der Waals surface area contributed by atoms with Gasteiger partial charge in [0.1, 0.15) is 59.1 Å². The lowest BCUT2D eigenvalue weighted by molar-refractivity contribution is -0.133. The van der Waals surface area contributed by atoms with Crippen molar-refractivity contribution in [1.29, 1.82) is 0 Å². The van der Waals surface area contributed by atoms with Gasteiger partial charge in [-0.15, -0.1) is 0 Å². The highest BCUT2D eigenvalue weighted by Crippen LogP contribution is 2.58. The standard InChI is InChI=1S/C88H72N4O10/c1-51-29-52(2)34-63(33-51)99-71-41-67-77-68(86(96)91(85(67)95)49-75(93)89(45-59-21-13-9-14-22-59)46-60-23-15-10-16-24-60)43-73(101-65-37-55(5)31-56(6)38-65)81-82-74(102-66-39-57(7)32-58(8)40-66)44-70-78-69(42-72(80(84(78)82)79(71)83(77)81)100-64-35-53(3)30-54(4)36-64)87(97)92(88(70)98)50-76(94)90(47-61-25-17-11-18-26-61)48-62-27-19-12-20-28-62/h9-44H,45-50H2,1-8H3. The Hall–Kier alpha value is -12.4. The van der Waals surface area contributed by atoms with Crippen LogP contribution in [0.3, 0.4) is 0 Å². The summed E-state index contributed by atoms with van der Waals surface area (Å²) in [6.07, 6.45) is 0. The molecule has 14 nitrogen and oxygen atoms in total. The highest BCUT2D eigenvalue weighted by atomic mass is 16.5. The number of imide groups is 2. The molecule has 13 aromatic rings.